The van der Waals surface area contributed by atoms with E-state index >= 15 is 0 Å². The van der Waals surface area contributed by atoms with Crippen molar-refractivity contribution in [2.75, 3.05) is 14.1 Å². The normalized spacial score (nSPS) is 12.6. The summed E-state index contributed by atoms with van der Waals surface area (Å²) in [6.45, 7) is 0.756. The van der Waals surface area contributed by atoms with Gasteiger partial charge in [-0.25, -0.2) is 4.39 Å². The Morgan fingerprint density at radius 1 is 0.938 bits per heavy atom. The van der Waals surface area contributed by atoms with Crippen LogP contribution in [0.2, 0.25) is 0 Å². The maximum Gasteiger partial charge on any atom is 0.419 e. The third-order valence-electron chi connectivity index (χ3n) is 5.00. The number of rotatable bonds is 7. The van der Waals surface area contributed by atoms with Gasteiger partial charge >= 0.3 is 6.18 Å². The van der Waals surface area contributed by atoms with E-state index in [2.05, 4.69) is 5.32 Å². The van der Waals surface area contributed by atoms with Gasteiger partial charge in [0.05, 0.1) is 11.6 Å². The number of carbonyl (C=O) groups excluding carboxylic acids is 1. The second-order valence-corrected chi connectivity index (χ2v) is 7.89. The van der Waals surface area contributed by atoms with Crippen molar-refractivity contribution in [2.24, 2.45) is 0 Å². The predicted octanol–water partition coefficient (Wildman–Crippen LogP) is 5.62. The fraction of sp³-hybridized carbons (Fsp3) is 0.240. The Kier molecular flexibility index (Phi) is 7.30. The highest BCUT2D eigenvalue weighted by Crippen LogP contribution is 2.32. The Hall–Kier alpha value is -3.19. The molecule has 0 fully saturated rings. The molecule has 3 rings (SSSR count). The van der Waals surface area contributed by atoms with Crippen molar-refractivity contribution in [3.05, 3.63) is 106 Å². The quantitative estimate of drug-likeness (QED) is 0.480. The van der Waals surface area contributed by atoms with Gasteiger partial charge in [-0.1, -0.05) is 54.6 Å². The van der Waals surface area contributed by atoms with Gasteiger partial charge in [-0.05, 0) is 55.4 Å². The molecule has 0 unspecified atom stereocenters. The van der Waals surface area contributed by atoms with E-state index in [-0.39, 0.29) is 5.56 Å². The highest BCUT2D eigenvalue weighted by Gasteiger charge is 2.34. The lowest BCUT2D eigenvalue weighted by Gasteiger charge is -2.21. The lowest BCUT2D eigenvalue weighted by molar-refractivity contribution is -0.140. The van der Waals surface area contributed by atoms with Gasteiger partial charge in [0.1, 0.15) is 5.82 Å². The standard InChI is InChI=1S/C25H24F4N2O/c1-31(2)16-18-8-10-19(11-9-18)23(14-17-6-4-3-5-7-17)30-24(32)20-12-13-22(26)21(15-20)25(27,28)29/h3-13,15,23H,14,16H2,1-2H3,(H,30,32)/t23-/m0/s1. The summed E-state index contributed by atoms with van der Waals surface area (Å²) in [5.74, 6) is -2.11. The first-order chi connectivity index (χ1) is 15.1. The molecule has 0 aliphatic heterocycles. The first-order valence-electron chi connectivity index (χ1n) is 10.1. The summed E-state index contributed by atoms with van der Waals surface area (Å²) in [4.78, 5) is 14.8. The van der Waals surface area contributed by atoms with Crippen molar-refractivity contribution in [3.63, 3.8) is 0 Å². The molecule has 0 heterocycles. The van der Waals surface area contributed by atoms with Crippen LogP contribution in [0.3, 0.4) is 0 Å². The molecule has 32 heavy (non-hydrogen) atoms. The largest absolute Gasteiger partial charge is 0.419 e. The molecule has 0 aromatic heterocycles. The number of alkyl halides is 3. The van der Waals surface area contributed by atoms with Crippen LogP contribution in [0.4, 0.5) is 17.6 Å². The number of carbonyl (C=O) groups is 1. The fourth-order valence-electron chi connectivity index (χ4n) is 3.45. The molecule has 1 amide bonds. The maximum absolute atomic E-state index is 13.6. The van der Waals surface area contributed by atoms with Crippen LogP contribution in [0.15, 0.2) is 72.8 Å². The number of halogens is 4. The predicted molar refractivity (Wildman–Crippen MR) is 116 cm³/mol. The maximum atomic E-state index is 13.6. The minimum atomic E-state index is -4.88. The lowest BCUT2D eigenvalue weighted by Crippen LogP contribution is -2.30. The molecule has 0 saturated heterocycles. The van der Waals surface area contributed by atoms with Gasteiger partial charge in [0, 0.05) is 12.1 Å². The number of nitrogens with one attached hydrogen (secondary N) is 1. The topological polar surface area (TPSA) is 32.3 Å². The Morgan fingerprint density at radius 2 is 1.59 bits per heavy atom. The van der Waals surface area contributed by atoms with Gasteiger partial charge < -0.3 is 10.2 Å². The molecule has 0 bridgehead atoms. The Labute approximate surface area is 184 Å². The summed E-state index contributed by atoms with van der Waals surface area (Å²) in [6, 6.07) is 19.0. The van der Waals surface area contributed by atoms with Crippen LogP contribution in [0, 0.1) is 5.82 Å². The molecule has 0 spiro atoms. The second-order valence-electron chi connectivity index (χ2n) is 7.89. The van der Waals surface area contributed by atoms with Gasteiger partial charge in [0.15, 0.2) is 0 Å². The molecule has 1 N–H and O–H groups in total. The fourth-order valence-corrected chi connectivity index (χ4v) is 3.45. The molecule has 3 aromatic carbocycles. The lowest BCUT2D eigenvalue weighted by atomic mass is 9.97. The van der Waals surface area contributed by atoms with Crippen molar-refractivity contribution in [1.82, 2.24) is 10.2 Å². The van der Waals surface area contributed by atoms with Crippen molar-refractivity contribution in [3.8, 4) is 0 Å². The van der Waals surface area contributed by atoms with Crippen LogP contribution in [0.5, 0.6) is 0 Å². The van der Waals surface area contributed by atoms with Crippen LogP contribution >= 0.6 is 0 Å². The first kappa shape index (κ1) is 23.5. The van der Waals surface area contributed by atoms with E-state index < -0.39 is 29.5 Å². The first-order valence-corrected chi connectivity index (χ1v) is 10.1. The Balaban J connectivity index is 1.88. The molecule has 3 aromatic rings. The van der Waals surface area contributed by atoms with Gasteiger partial charge in [-0.3, -0.25) is 4.79 Å². The zero-order chi connectivity index (χ0) is 23.3. The smallest absolute Gasteiger partial charge is 0.345 e. The van der Waals surface area contributed by atoms with Crippen molar-refractivity contribution >= 4 is 5.91 Å². The van der Waals surface area contributed by atoms with E-state index in [0.29, 0.717) is 18.6 Å². The highest BCUT2D eigenvalue weighted by molar-refractivity contribution is 5.94. The molecule has 3 nitrogen and oxygen atoms in total. The molecule has 0 aliphatic carbocycles. The minimum absolute atomic E-state index is 0.249. The summed E-state index contributed by atoms with van der Waals surface area (Å²) < 4.78 is 52.8. The van der Waals surface area contributed by atoms with E-state index in [1.807, 2.05) is 73.6 Å². The second kappa shape index (κ2) is 9.96. The van der Waals surface area contributed by atoms with Gasteiger partial charge in [-0.15, -0.1) is 0 Å². The van der Waals surface area contributed by atoms with Gasteiger partial charge in [0.25, 0.3) is 5.91 Å². The van der Waals surface area contributed by atoms with Crippen LogP contribution in [0.25, 0.3) is 0 Å². The Morgan fingerprint density at radius 3 is 2.19 bits per heavy atom. The summed E-state index contributed by atoms with van der Waals surface area (Å²) >= 11 is 0. The van der Waals surface area contributed by atoms with E-state index in [1.165, 1.54) is 0 Å². The molecular formula is C25H24F4N2O. The minimum Gasteiger partial charge on any atom is -0.345 e. The van der Waals surface area contributed by atoms with Crippen molar-refractivity contribution in [2.45, 2.75) is 25.2 Å². The van der Waals surface area contributed by atoms with E-state index in [4.69, 9.17) is 0 Å². The van der Waals surface area contributed by atoms with E-state index in [0.717, 1.165) is 29.3 Å². The number of benzene rings is 3. The molecular weight excluding hydrogens is 420 g/mol. The number of hydrogen-bond acceptors (Lipinski definition) is 2. The van der Waals surface area contributed by atoms with Crippen molar-refractivity contribution in [1.29, 1.82) is 0 Å². The van der Waals surface area contributed by atoms with Crippen LogP contribution in [-0.2, 0) is 19.1 Å². The number of hydrogen-bond donors (Lipinski definition) is 1. The molecule has 1 atom stereocenters. The Bertz CT molecular complexity index is 1050. The number of amides is 1. The SMILES string of the molecule is CN(C)Cc1ccc([C@H](Cc2ccccc2)NC(=O)c2ccc(F)c(C(F)(F)F)c2)cc1. The summed E-state index contributed by atoms with van der Waals surface area (Å²) in [6.07, 6.45) is -4.43. The van der Waals surface area contributed by atoms with E-state index in [1.54, 1.807) is 0 Å². The zero-order valence-corrected chi connectivity index (χ0v) is 17.8. The monoisotopic (exact) mass is 444 g/mol. The van der Waals surface area contributed by atoms with Gasteiger partial charge in [0.2, 0.25) is 0 Å². The summed E-state index contributed by atoms with van der Waals surface area (Å²) in [5.41, 5.74) is 1.17. The molecule has 7 heteroatoms. The highest BCUT2D eigenvalue weighted by atomic mass is 19.4. The molecule has 0 aliphatic rings. The summed E-state index contributed by atoms with van der Waals surface area (Å²) in [7, 11) is 3.93. The van der Waals surface area contributed by atoms with Crippen LogP contribution in [-0.4, -0.2) is 24.9 Å². The average molecular weight is 444 g/mol. The molecule has 168 valence electrons. The third kappa shape index (κ3) is 6.17. The zero-order valence-electron chi connectivity index (χ0n) is 17.8. The van der Waals surface area contributed by atoms with Crippen molar-refractivity contribution < 1.29 is 22.4 Å². The molecule has 0 saturated carbocycles. The molecule has 0 radical (unpaired) electrons. The van der Waals surface area contributed by atoms with Crippen LogP contribution < -0.4 is 5.32 Å². The van der Waals surface area contributed by atoms with Crippen LogP contribution in [0.1, 0.15) is 38.7 Å². The van der Waals surface area contributed by atoms with E-state index in [9.17, 15) is 22.4 Å². The average Bonchev–Trinajstić information content (AvgIpc) is 2.73. The summed E-state index contributed by atoms with van der Waals surface area (Å²) in [5, 5.41) is 2.82. The third-order valence-corrected chi connectivity index (χ3v) is 5.00. The number of nitrogens with zero attached hydrogens (tertiary/aromatic N) is 1. The van der Waals surface area contributed by atoms with Gasteiger partial charge in [-0.2, -0.15) is 13.2 Å².